The van der Waals surface area contributed by atoms with Crippen LogP contribution < -0.4 is 0 Å². The summed E-state index contributed by atoms with van der Waals surface area (Å²) in [4.78, 5) is 11.4. The predicted molar refractivity (Wildman–Crippen MR) is 126 cm³/mol. The monoisotopic (exact) mass is 444 g/mol. The predicted octanol–water partition coefficient (Wildman–Crippen LogP) is 5.90. The van der Waals surface area contributed by atoms with Gasteiger partial charge in [0.2, 0.25) is 6.29 Å². The number of esters is 1. The van der Waals surface area contributed by atoms with Crippen LogP contribution in [0, 0.1) is 5.41 Å². The molecule has 32 heavy (non-hydrogen) atoms. The second-order valence-electron chi connectivity index (χ2n) is 9.95. The zero-order chi connectivity index (χ0) is 23.3. The minimum Gasteiger partial charge on any atom is -0.429 e. The van der Waals surface area contributed by atoms with Crippen LogP contribution in [0.1, 0.15) is 86.0 Å². The molecule has 0 aromatic carbocycles. The number of aliphatic hydroxyl groups is 1. The van der Waals surface area contributed by atoms with Gasteiger partial charge in [0.25, 0.3) is 0 Å². The van der Waals surface area contributed by atoms with Crippen molar-refractivity contribution < 1.29 is 24.1 Å². The zero-order valence-electron chi connectivity index (χ0n) is 20.4. The summed E-state index contributed by atoms with van der Waals surface area (Å²) >= 11 is 0. The summed E-state index contributed by atoms with van der Waals surface area (Å²) in [5.41, 5.74) is 6.63. The van der Waals surface area contributed by atoms with Crippen LogP contribution in [0.25, 0.3) is 0 Å². The van der Waals surface area contributed by atoms with E-state index in [0.717, 1.165) is 31.3 Å². The van der Waals surface area contributed by atoms with Gasteiger partial charge in [-0.15, -0.1) is 0 Å². The van der Waals surface area contributed by atoms with Gasteiger partial charge in [-0.1, -0.05) is 42.7 Å². The lowest BCUT2D eigenvalue weighted by molar-refractivity contribution is -0.161. The van der Waals surface area contributed by atoms with Crippen molar-refractivity contribution in [3.05, 3.63) is 46.1 Å². The summed E-state index contributed by atoms with van der Waals surface area (Å²) in [6.07, 6.45) is 12.3. The summed E-state index contributed by atoms with van der Waals surface area (Å²) < 4.78 is 16.7. The number of rotatable bonds is 9. The van der Waals surface area contributed by atoms with E-state index in [1.807, 2.05) is 6.92 Å². The van der Waals surface area contributed by atoms with Gasteiger partial charge < -0.3 is 19.3 Å². The first-order chi connectivity index (χ1) is 15.2. The van der Waals surface area contributed by atoms with Crippen LogP contribution in [-0.4, -0.2) is 36.4 Å². The fourth-order valence-electron chi connectivity index (χ4n) is 5.19. The molecule has 0 radical (unpaired) electrons. The van der Waals surface area contributed by atoms with Crippen molar-refractivity contribution in [2.24, 2.45) is 5.41 Å². The van der Waals surface area contributed by atoms with E-state index in [0.29, 0.717) is 24.0 Å². The van der Waals surface area contributed by atoms with Crippen molar-refractivity contribution in [2.75, 3.05) is 6.61 Å². The lowest BCUT2D eigenvalue weighted by Gasteiger charge is -2.35. The average molecular weight is 445 g/mol. The normalized spacial score (nSPS) is 28.5. The van der Waals surface area contributed by atoms with E-state index in [-0.39, 0.29) is 0 Å². The van der Waals surface area contributed by atoms with Gasteiger partial charge in [0, 0.05) is 18.3 Å². The molecular weight excluding hydrogens is 404 g/mol. The highest BCUT2D eigenvalue weighted by atomic mass is 16.7. The van der Waals surface area contributed by atoms with Crippen molar-refractivity contribution in [3.63, 3.8) is 0 Å². The first-order valence-electron chi connectivity index (χ1n) is 12.1. The molecule has 5 nitrogen and oxygen atoms in total. The quantitative estimate of drug-likeness (QED) is 0.354. The Balaban J connectivity index is 1.55. The van der Waals surface area contributed by atoms with Crippen molar-refractivity contribution in [1.82, 2.24) is 0 Å². The number of carbonyl (C=O) groups is 1. The molecule has 1 aliphatic carbocycles. The molecule has 1 unspecified atom stereocenters. The van der Waals surface area contributed by atoms with Gasteiger partial charge in [-0.2, -0.15) is 0 Å². The van der Waals surface area contributed by atoms with Crippen LogP contribution >= 0.6 is 0 Å². The van der Waals surface area contributed by atoms with Gasteiger partial charge in [0.15, 0.2) is 6.29 Å². The molecule has 0 aromatic rings. The number of cyclic esters (lactones) is 1. The largest absolute Gasteiger partial charge is 0.429 e. The molecule has 3 atom stereocenters. The van der Waals surface area contributed by atoms with Gasteiger partial charge in [-0.25, -0.2) is 4.79 Å². The van der Waals surface area contributed by atoms with Crippen molar-refractivity contribution >= 4 is 5.97 Å². The molecule has 0 saturated carbocycles. The molecule has 5 heteroatoms. The molecule has 178 valence electrons. The van der Waals surface area contributed by atoms with Crippen LogP contribution in [0.3, 0.4) is 0 Å². The third kappa shape index (κ3) is 6.21. The van der Waals surface area contributed by atoms with Crippen LogP contribution in [0.2, 0.25) is 0 Å². The number of carbonyl (C=O) groups excluding carboxylic acids is 1. The molecule has 0 saturated heterocycles. The maximum Gasteiger partial charge on any atom is 0.333 e. The Kier molecular flexibility index (Phi) is 8.54. The van der Waals surface area contributed by atoms with Gasteiger partial charge in [-0.05, 0) is 83.1 Å². The summed E-state index contributed by atoms with van der Waals surface area (Å²) in [6.45, 7) is 11.8. The molecular formula is C27H40O5. The van der Waals surface area contributed by atoms with Crippen LogP contribution in [-0.2, 0) is 19.0 Å². The number of aliphatic hydroxyl groups excluding tert-OH is 1. The second kappa shape index (κ2) is 11.0. The van der Waals surface area contributed by atoms with Gasteiger partial charge >= 0.3 is 5.97 Å². The summed E-state index contributed by atoms with van der Waals surface area (Å²) in [6, 6.07) is 0. The first kappa shape index (κ1) is 24.9. The number of hydrogen-bond acceptors (Lipinski definition) is 5. The molecule has 2 heterocycles. The van der Waals surface area contributed by atoms with Gasteiger partial charge in [-0.3, -0.25) is 0 Å². The van der Waals surface area contributed by atoms with E-state index in [4.69, 9.17) is 14.2 Å². The Morgan fingerprint density at radius 2 is 2.12 bits per heavy atom. The van der Waals surface area contributed by atoms with E-state index in [2.05, 4.69) is 39.8 Å². The molecule has 1 N–H and O–H groups in total. The maximum absolute atomic E-state index is 11.4. The Hall–Kier alpha value is -1.69. The standard InChI is InChI=1S/C27H40O5/c1-6-30-26-20(13-15-23(31-26)21-17-24(28)32-25(21)29)11-7-9-18(2)12-14-22-19(3)10-8-16-27(22,4)5/h9,13,17,23,25-26,29H,6-8,10-12,14-16H2,1-5H3/b18-9+/t23-,25?,26-/m1/s1. The third-order valence-electron chi connectivity index (χ3n) is 7.05. The minimum absolute atomic E-state index is 0.339. The molecule has 0 aromatic heterocycles. The van der Waals surface area contributed by atoms with Crippen LogP contribution in [0.15, 0.2) is 46.1 Å². The molecule has 0 fully saturated rings. The molecule has 3 aliphatic rings. The highest BCUT2D eigenvalue weighted by Crippen LogP contribution is 2.42. The minimum atomic E-state index is -1.22. The van der Waals surface area contributed by atoms with E-state index >= 15 is 0 Å². The summed E-state index contributed by atoms with van der Waals surface area (Å²) in [7, 11) is 0. The zero-order valence-corrected chi connectivity index (χ0v) is 20.4. The number of ether oxygens (including phenoxy) is 3. The third-order valence-corrected chi connectivity index (χ3v) is 7.05. The van der Waals surface area contributed by atoms with Crippen molar-refractivity contribution in [3.8, 4) is 0 Å². The topological polar surface area (TPSA) is 65.0 Å². The average Bonchev–Trinajstić information content (AvgIpc) is 3.06. The van der Waals surface area contributed by atoms with Crippen molar-refractivity contribution in [1.29, 1.82) is 0 Å². The second-order valence-corrected chi connectivity index (χ2v) is 9.95. The number of allylic oxidation sites excluding steroid dienone is 4. The Morgan fingerprint density at radius 3 is 2.78 bits per heavy atom. The Bertz CT molecular complexity index is 814. The number of hydrogen-bond donors (Lipinski definition) is 1. The van der Waals surface area contributed by atoms with E-state index in [9.17, 15) is 9.90 Å². The Morgan fingerprint density at radius 1 is 1.34 bits per heavy atom. The first-order valence-corrected chi connectivity index (χ1v) is 12.1. The molecule has 2 aliphatic heterocycles. The fraction of sp³-hybridized carbons (Fsp3) is 0.667. The van der Waals surface area contributed by atoms with Crippen LogP contribution in [0.5, 0.6) is 0 Å². The van der Waals surface area contributed by atoms with E-state index in [1.54, 1.807) is 11.1 Å². The molecule has 0 spiro atoms. The SMILES string of the molecule is CCO[C@@H]1O[C@@H](C2=CC(=O)OC2O)CC=C1CC/C=C(\C)CCC1=C(C)CCCC1(C)C. The van der Waals surface area contributed by atoms with E-state index < -0.39 is 24.7 Å². The molecule has 3 rings (SSSR count). The summed E-state index contributed by atoms with van der Waals surface area (Å²) in [5.74, 6) is -0.526. The Labute approximate surface area is 193 Å². The van der Waals surface area contributed by atoms with Crippen molar-refractivity contribution in [2.45, 2.75) is 105 Å². The molecule has 0 bridgehead atoms. The van der Waals surface area contributed by atoms with Crippen LogP contribution in [0.4, 0.5) is 0 Å². The smallest absolute Gasteiger partial charge is 0.333 e. The van der Waals surface area contributed by atoms with Gasteiger partial charge in [0.05, 0.1) is 6.10 Å². The van der Waals surface area contributed by atoms with E-state index in [1.165, 1.54) is 30.9 Å². The van der Waals surface area contributed by atoms with Gasteiger partial charge in [0.1, 0.15) is 0 Å². The maximum atomic E-state index is 11.4. The highest BCUT2D eigenvalue weighted by molar-refractivity contribution is 5.85. The summed E-state index contributed by atoms with van der Waals surface area (Å²) in [5, 5.41) is 9.93. The fourth-order valence-corrected chi connectivity index (χ4v) is 5.19. The lowest BCUT2D eigenvalue weighted by atomic mass is 9.71. The molecule has 0 amide bonds. The lowest BCUT2D eigenvalue weighted by Crippen LogP contribution is -2.34. The highest BCUT2D eigenvalue weighted by Gasteiger charge is 2.35.